The molecule has 16 bridgehead atoms. The minimum atomic E-state index is -0.437. The molecule has 16 aliphatic rings. The fourth-order valence-electron chi connectivity index (χ4n) is 26.8. The Bertz CT molecular complexity index is 3460. The van der Waals surface area contributed by atoms with E-state index in [1.807, 2.05) is 11.3 Å². The second-order valence-electron chi connectivity index (χ2n) is 34.2. The molecule has 450 valence electrons. The van der Waals surface area contributed by atoms with Crippen LogP contribution in [0.4, 0.5) is 0 Å². The molecule has 1 heterocycles. The Balaban J connectivity index is 0.838. The van der Waals surface area contributed by atoms with Crippen molar-refractivity contribution in [2.75, 3.05) is 0 Å². The lowest BCUT2D eigenvalue weighted by atomic mass is 9.47. The van der Waals surface area contributed by atoms with Gasteiger partial charge in [-0.15, -0.1) is 11.3 Å². The fraction of sp³-hybridized carbons (Fsp3) is 0.561. The molecule has 16 fully saturated rings. The highest BCUT2D eigenvalue weighted by Crippen LogP contribution is 2.68. The van der Waals surface area contributed by atoms with Crippen molar-refractivity contribution in [2.45, 2.75) is 215 Å². The van der Waals surface area contributed by atoms with Gasteiger partial charge in [-0.3, -0.25) is 0 Å². The van der Waals surface area contributed by atoms with Gasteiger partial charge in [-0.2, -0.15) is 0 Å². The molecule has 23 rings (SSSR count). The van der Waals surface area contributed by atoms with Gasteiger partial charge in [0.15, 0.2) is 0 Å². The van der Waals surface area contributed by atoms with Crippen LogP contribution in [0.1, 0.15) is 244 Å². The number of benzene rings is 6. The van der Waals surface area contributed by atoms with Gasteiger partial charge in [-0.25, -0.2) is 0 Å². The van der Waals surface area contributed by atoms with Gasteiger partial charge in [0.25, 0.3) is 0 Å². The highest BCUT2D eigenvalue weighted by Gasteiger charge is 2.57. The quantitative estimate of drug-likeness (QED) is 0.103. The zero-order valence-corrected chi connectivity index (χ0v) is 53.1. The largest absolute Gasteiger partial charge is 0.507 e. The molecule has 87 heavy (non-hydrogen) atoms. The Kier molecular flexibility index (Phi) is 11.5. The molecular formula is C82H92O4S. The first-order chi connectivity index (χ1) is 42.0. The van der Waals surface area contributed by atoms with Gasteiger partial charge in [0, 0.05) is 76.5 Å². The van der Waals surface area contributed by atoms with Gasteiger partial charge in [-0.1, -0.05) is 107 Å². The zero-order valence-electron chi connectivity index (χ0n) is 52.3. The summed E-state index contributed by atoms with van der Waals surface area (Å²) < 4.78 is 2.37. The van der Waals surface area contributed by atoms with Crippen LogP contribution in [0.5, 0.6) is 23.0 Å². The summed E-state index contributed by atoms with van der Waals surface area (Å²) in [6, 6.07) is 32.5. The highest BCUT2D eigenvalue weighted by molar-refractivity contribution is 7.26. The first kappa shape index (κ1) is 53.6. The standard InChI is InChI=1S/C82H92O4S/c1-43-11-63(73(83)67(15-43)79-31-47-19-48(32-79)21-49(20-47)33-79)71(64-12-44(2)16-68(74(64)84)80-34-50-22-51(35-80)24-52(23-50)36-80)61-9-5-7-59-60-8-6-10-62(78(60)87-77(59)61)72(65-13-45(3)17-69(75(65)85)81-37-53-25-54(38-81)27-55(26-53)39-81)66-14-46(4)18-70(76(66)86)82-40-56-28-57(41-82)30-58(29-56)42-82/h5-18,47-58,71-72,83-86H,19-42H2,1-4H3. The number of phenols is 4. The van der Waals surface area contributed by atoms with E-state index in [2.05, 4.69) is 113 Å². The molecule has 0 saturated heterocycles. The third-order valence-corrected chi connectivity index (χ3v) is 29.3. The average Bonchev–Trinajstić information content (AvgIpc) is 1.12. The van der Waals surface area contributed by atoms with Gasteiger partial charge >= 0.3 is 0 Å². The van der Waals surface area contributed by atoms with E-state index in [0.717, 1.165) is 104 Å². The molecule has 4 N–H and O–H groups in total. The number of hydrogen-bond donors (Lipinski definition) is 4. The average molecular weight is 1170 g/mol. The van der Waals surface area contributed by atoms with Crippen LogP contribution in [-0.2, 0) is 21.7 Å². The van der Waals surface area contributed by atoms with Crippen LogP contribution < -0.4 is 0 Å². The van der Waals surface area contributed by atoms with Crippen LogP contribution >= 0.6 is 11.3 Å². The molecule has 7 aromatic rings. The van der Waals surface area contributed by atoms with E-state index in [9.17, 15) is 20.4 Å². The molecule has 16 saturated carbocycles. The molecule has 0 radical (unpaired) electrons. The number of fused-ring (bicyclic) bond motifs is 3. The summed E-state index contributed by atoms with van der Waals surface area (Å²) in [7, 11) is 0. The van der Waals surface area contributed by atoms with E-state index in [1.54, 1.807) is 0 Å². The first-order valence-electron chi connectivity index (χ1n) is 35.3. The van der Waals surface area contributed by atoms with E-state index >= 15 is 0 Å². The van der Waals surface area contributed by atoms with Gasteiger partial charge in [-0.05, 0) is 286 Å². The monoisotopic (exact) mass is 1170 g/mol. The molecule has 16 aliphatic carbocycles. The first-order valence-corrected chi connectivity index (χ1v) is 36.1. The summed E-state index contributed by atoms with van der Waals surface area (Å²) in [6.07, 6.45) is 30.2. The predicted molar refractivity (Wildman–Crippen MR) is 352 cm³/mol. The van der Waals surface area contributed by atoms with Crippen LogP contribution in [-0.4, -0.2) is 20.4 Å². The Labute approximate surface area is 521 Å². The second kappa shape index (κ2) is 18.7. The van der Waals surface area contributed by atoms with Crippen molar-refractivity contribution in [1.82, 2.24) is 0 Å². The minimum Gasteiger partial charge on any atom is -0.507 e. The summed E-state index contributed by atoms with van der Waals surface area (Å²) in [5.74, 6) is 9.79. The molecule has 5 heteroatoms. The molecule has 0 atom stereocenters. The SMILES string of the molecule is Cc1cc(C(c2cc(C)cc(C34CC5CC(CC(C5)C3)C4)c2O)c2cccc3c2sc2c(C(c4cc(C)cc(C56CC7CC(CC(C7)C5)C6)c4O)c4cc(C)cc(C56CC7CC(CC(C7)C5)C6)c4O)cccc23)c(O)c(C23CC4CC(CC(C4)C2)C3)c1. The van der Waals surface area contributed by atoms with Crippen molar-refractivity contribution in [3.8, 4) is 23.0 Å². The minimum absolute atomic E-state index is 0.0233. The lowest BCUT2D eigenvalue weighted by molar-refractivity contribution is -0.00644. The van der Waals surface area contributed by atoms with E-state index in [0.29, 0.717) is 23.0 Å². The number of aromatic hydroxyl groups is 4. The molecule has 0 amide bonds. The van der Waals surface area contributed by atoms with Gasteiger partial charge in [0.05, 0.1) is 0 Å². The third-order valence-electron chi connectivity index (χ3n) is 28.0. The van der Waals surface area contributed by atoms with Crippen molar-refractivity contribution in [2.24, 2.45) is 71.0 Å². The number of hydrogen-bond acceptors (Lipinski definition) is 5. The highest BCUT2D eigenvalue weighted by atomic mass is 32.1. The smallest absolute Gasteiger partial charge is 0.123 e. The Hall–Kier alpha value is -5.26. The second-order valence-corrected chi connectivity index (χ2v) is 35.2. The fourth-order valence-corrected chi connectivity index (χ4v) is 28.2. The zero-order chi connectivity index (χ0) is 58.4. The maximum Gasteiger partial charge on any atom is 0.123 e. The Morgan fingerprint density at radius 3 is 0.713 bits per heavy atom. The topological polar surface area (TPSA) is 80.9 Å². The number of aryl methyl sites for hydroxylation is 4. The van der Waals surface area contributed by atoms with Crippen molar-refractivity contribution < 1.29 is 20.4 Å². The maximum absolute atomic E-state index is 13.7. The number of thiophene rings is 1. The Morgan fingerprint density at radius 2 is 0.506 bits per heavy atom. The molecule has 0 aliphatic heterocycles. The number of phenolic OH excluding ortho intramolecular Hbond substituents is 4. The predicted octanol–water partition coefficient (Wildman–Crippen LogP) is 20.3. The van der Waals surface area contributed by atoms with Gasteiger partial charge in [0.1, 0.15) is 23.0 Å². The Morgan fingerprint density at radius 1 is 0.299 bits per heavy atom. The lowest BCUT2D eigenvalue weighted by Crippen LogP contribution is -2.48. The van der Waals surface area contributed by atoms with E-state index < -0.39 is 11.8 Å². The molecule has 0 unspecified atom stereocenters. The summed E-state index contributed by atoms with van der Waals surface area (Å²) in [5, 5.41) is 57.0. The molecule has 0 spiro atoms. The summed E-state index contributed by atoms with van der Waals surface area (Å²) in [4.78, 5) is 0. The van der Waals surface area contributed by atoms with Crippen molar-refractivity contribution >= 4 is 31.5 Å². The van der Waals surface area contributed by atoms with Crippen molar-refractivity contribution in [1.29, 1.82) is 0 Å². The van der Waals surface area contributed by atoms with Crippen LogP contribution in [0.15, 0.2) is 84.9 Å². The molecular weight excluding hydrogens is 1080 g/mol. The number of rotatable bonds is 10. The molecule has 1 aromatic heterocycles. The lowest BCUT2D eigenvalue weighted by Gasteiger charge is -2.57. The van der Waals surface area contributed by atoms with Crippen LogP contribution in [0, 0.1) is 98.7 Å². The van der Waals surface area contributed by atoms with Crippen LogP contribution in [0.25, 0.3) is 20.2 Å². The third kappa shape index (κ3) is 7.96. The van der Waals surface area contributed by atoms with Crippen LogP contribution in [0.3, 0.4) is 0 Å². The normalized spacial score (nSPS) is 37.7. The van der Waals surface area contributed by atoms with Gasteiger partial charge < -0.3 is 20.4 Å². The summed E-state index contributed by atoms with van der Waals surface area (Å²) >= 11 is 1.87. The maximum atomic E-state index is 13.7. The summed E-state index contributed by atoms with van der Waals surface area (Å²) in [5.41, 5.74) is 15.4. The van der Waals surface area contributed by atoms with E-state index in [-0.39, 0.29) is 21.7 Å². The van der Waals surface area contributed by atoms with Gasteiger partial charge in [0.2, 0.25) is 0 Å². The molecule has 6 aromatic carbocycles. The summed E-state index contributed by atoms with van der Waals surface area (Å²) in [6.45, 7) is 9.05. The van der Waals surface area contributed by atoms with Crippen molar-refractivity contribution in [3.63, 3.8) is 0 Å². The van der Waals surface area contributed by atoms with E-state index in [4.69, 9.17) is 0 Å². The molecule has 4 nitrogen and oxygen atoms in total. The van der Waals surface area contributed by atoms with E-state index in [1.165, 1.54) is 219 Å². The van der Waals surface area contributed by atoms with Crippen LogP contribution in [0.2, 0.25) is 0 Å². The van der Waals surface area contributed by atoms with Crippen molar-refractivity contribution in [3.05, 3.63) is 163 Å².